The predicted octanol–water partition coefficient (Wildman–Crippen LogP) is 3.44. The maximum Gasteiger partial charge on any atom is 0.241 e. The van der Waals surface area contributed by atoms with E-state index in [0.717, 1.165) is 18.5 Å². The lowest BCUT2D eigenvalue weighted by Crippen LogP contribution is -2.40. The average molecular weight is 280 g/mol. The van der Waals surface area contributed by atoms with Gasteiger partial charge in [0.25, 0.3) is 0 Å². The van der Waals surface area contributed by atoms with Gasteiger partial charge in [-0.2, -0.15) is 0 Å². The van der Waals surface area contributed by atoms with E-state index in [1.54, 1.807) is 12.1 Å². The Bertz CT molecular complexity index is 460. The number of aryl methyl sites for hydroxylation is 1. The van der Waals surface area contributed by atoms with E-state index >= 15 is 0 Å². The van der Waals surface area contributed by atoms with Crippen molar-refractivity contribution in [2.24, 2.45) is 5.92 Å². The van der Waals surface area contributed by atoms with E-state index in [2.05, 4.69) is 19.2 Å². The average Bonchev–Trinajstić information content (AvgIpc) is 2.38. The second-order valence-corrected chi connectivity index (χ2v) is 5.81. The van der Waals surface area contributed by atoms with Crippen LogP contribution in [0.2, 0.25) is 0 Å². The molecule has 3 nitrogen and oxygen atoms in total. The monoisotopic (exact) mass is 280 g/mol. The molecule has 0 spiro atoms. The number of rotatable bonds is 6. The Morgan fingerprint density at radius 1 is 1.35 bits per heavy atom. The summed E-state index contributed by atoms with van der Waals surface area (Å²) in [6.45, 7) is 8.81. The number of benzene rings is 1. The zero-order chi connectivity index (χ0) is 15.3. The Morgan fingerprint density at radius 3 is 2.55 bits per heavy atom. The van der Waals surface area contributed by atoms with Crippen LogP contribution in [0, 0.1) is 18.7 Å². The molecule has 1 aromatic carbocycles. The van der Waals surface area contributed by atoms with Crippen molar-refractivity contribution in [1.29, 1.82) is 0 Å². The fourth-order valence-electron chi connectivity index (χ4n) is 1.81. The van der Waals surface area contributed by atoms with Crippen molar-refractivity contribution in [2.45, 2.75) is 40.2 Å². The molecule has 1 atom stereocenters. The number of hydrogen-bond donors (Lipinski definition) is 1. The maximum absolute atomic E-state index is 13.7. The predicted molar refractivity (Wildman–Crippen MR) is 81.3 cm³/mol. The summed E-state index contributed by atoms with van der Waals surface area (Å²) in [4.78, 5) is 14.1. The highest BCUT2D eigenvalue weighted by atomic mass is 19.1. The van der Waals surface area contributed by atoms with Crippen LogP contribution in [-0.2, 0) is 4.79 Å². The third-order valence-corrected chi connectivity index (χ3v) is 3.48. The van der Waals surface area contributed by atoms with Gasteiger partial charge in [-0.3, -0.25) is 9.69 Å². The van der Waals surface area contributed by atoms with Crippen LogP contribution < -0.4 is 5.32 Å². The van der Waals surface area contributed by atoms with Gasteiger partial charge in [0.05, 0.1) is 11.7 Å². The largest absolute Gasteiger partial charge is 0.322 e. The zero-order valence-corrected chi connectivity index (χ0v) is 13.0. The quantitative estimate of drug-likeness (QED) is 0.865. The lowest BCUT2D eigenvalue weighted by Gasteiger charge is -2.24. The molecular formula is C16H25FN2O. The second-order valence-electron chi connectivity index (χ2n) is 5.81. The first-order chi connectivity index (χ1) is 9.31. The smallest absolute Gasteiger partial charge is 0.241 e. The zero-order valence-electron chi connectivity index (χ0n) is 13.0. The van der Waals surface area contributed by atoms with Gasteiger partial charge in [0, 0.05) is 0 Å². The number of nitrogens with zero attached hydrogens (tertiary/aromatic N) is 1. The molecule has 0 saturated carbocycles. The van der Waals surface area contributed by atoms with Crippen LogP contribution in [0.3, 0.4) is 0 Å². The van der Waals surface area contributed by atoms with Gasteiger partial charge in [-0.1, -0.05) is 19.9 Å². The summed E-state index contributed by atoms with van der Waals surface area (Å²) in [5.41, 5.74) is 1.08. The summed E-state index contributed by atoms with van der Waals surface area (Å²) in [6.07, 6.45) is 1.03. The molecule has 1 amide bonds. The third-order valence-electron chi connectivity index (χ3n) is 3.48. The van der Waals surface area contributed by atoms with E-state index in [1.807, 2.05) is 25.8 Å². The van der Waals surface area contributed by atoms with Crippen LogP contribution in [-0.4, -0.2) is 30.4 Å². The summed E-state index contributed by atoms with van der Waals surface area (Å²) < 4.78 is 13.7. The standard InChI is InChI=1S/C16H25FN2O/c1-11(2)8-9-19(5)13(4)16(20)18-15-7-6-12(3)10-14(15)17/h6-7,10-11,13H,8-9H2,1-5H3,(H,18,20). The summed E-state index contributed by atoms with van der Waals surface area (Å²) >= 11 is 0. The minimum absolute atomic E-state index is 0.181. The molecule has 0 heterocycles. The normalized spacial score (nSPS) is 12.8. The molecule has 4 heteroatoms. The Morgan fingerprint density at radius 2 is 2.00 bits per heavy atom. The Kier molecular flexibility index (Phi) is 6.14. The topological polar surface area (TPSA) is 32.3 Å². The van der Waals surface area contributed by atoms with Gasteiger partial charge in [-0.25, -0.2) is 4.39 Å². The number of carbonyl (C=O) groups excluding carboxylic acids is 1. The molecule has 0 bridgehead atoms. The lowest BCUT2D eigenvalue weighted by molar-refractivity contribution is -0.120. The number of hydrogen-bond acceptors (Lipinski definition) is 2. The van der Waals surface area contributed by atoms with Crippen LogP contribution in [0.4, 0.5) is 10.1 Å². The number of halogens is 1. The Balaban J connectivity index is 2.61. The van der Waals surface area contributed by atoms with Crippen molar-refractivity contribution in [3.63, 3.8) is 0 Å². The van der Waals surface area contributed by atoms with Gasteiger partial charge < -0.3 is 5.32 Å². The van der Waals surface area contributed by atoms with E-state index < -0.39 is 5.82 Å². The van der Waals surface area contributed by atoms with Gasteiger partial charge >= 0.3 is 0 Å². The minimum atomic E-state index is -0.393. The van der Waals surface area contributed by atoms with Gasteiger partial charge in [0.2, 0.25) is 5.91 Å². The molecule has 0 aliphatic rings. The number of nitrogens with one attached hydrogen (secondary N) is 1. The van der Waals surface area contributed by atoms with Crippen molar-refractivity contribution in [3.8, 4) is 0 Å². The number of amides is 1. The van der Waals surface area contributed by atoms with Crippen LogP contribution in [0.25, 0.3) is 0 Å². The van der Waals surface area contributed by atoms with Gasteiger partial charge in [-0.15, -0.1) is 0 Å². The highest BCUT2D eigenvalue weighted by Gasteiger charge is 2.19. The first-order valence-electron chi connectivity index (χ1n) is 7.08. The Labute approximate surface area is 121 Å². The molecule has 0 aliphatic carbocycles. The SMILES string of the molecule is Cc1ccc(NC(=O)C(C)N(C)CCC(C)C)c(F)c1. The summed E-state index contributed by atoms with van der Waals surface area (Å²) in [5.74, 6) is 0.0247. The van der Waals surface area contributed by atoms with E-state index in [-0.39, 0.29) is 17.6 Å². The van der Waals surface area contributed by atoms with Gasteiger partial charge in [0.1, 0.15) is 5.82 Å². The van der Waals surface area contributed by atoms with Crippen molar-refractivity contribution < 1.29 is 9.18 Å². The van der Waals surface area contributed by atoms with Crippen molar-refractivity contribution >= 4 is 11.6 Å². The van der Waals surface area contributed by atoms with Gasteiger partial charge in [0.15, 0.2) is 0 Å². The Hall–Kier alpha value is -1.42. The number of anilines is 1. The highest BCUT2D eigenvalue weighted by molar-refractivity contribution is 5.94. The van der Waals surface area contributed by atoms with Crippen LogP contribution in [0.15, 0.2) is 18.2 Å². The fourth-order valence-corrected chi connectivity index (χ4v) is 1.81. The fraction of sp³-hybridized carbons (Fsp3) is 0.562. The molecule has 112 valence electrons. The summed E-state index contributed by atoms with van der Waals surface area (Å²) in [5, 5.41) is 2.65. The molecule has 1 rings (SSSR count). The van der Waals surface area contributed by atoms with Crippen LogP contribution in [0.5, 0.6) is 0 Å². The van der Waals surface area contributed by atoms with Crippen LogP contribution >= 0.6 is 0 Å². The number of carbonyl (C=O) groups is 1. The molecule has 0 radical (unpaired) electrons. The van der Waals surface area contributed by atoms with E-state index in [1.165, 1.54) is 6.07 Å². The highest BCUT2D eigenvalue weighted by Crippen LogP contribution is 2.16. The maximum atomic E-state index is 13.7. The third kappa shape index (κ3) is 4.93. The van der Waals surface area contributed by atoms with Crippen molar-refractivity contribution in [1.82, 2.24) is 4.90 Å². The molecule has 1 N–H and O–H groups in total. The molecule has 20 heavy (non-hydrogen) atoms. The molecule has 0 fully saturated rings. The first kappa shape index (κ1) is 16.6. The summed E-state index contributed by atoms with van der Waals surface area (Å²) in [7, 11) is 1.91. The second kappa shape index (κ2) is 7.39. The molecule has 0 saturated heterocycles. The summed E-state index contributed by atoms with van der Waals surface area (Å²) in [6, 6.07) is 4.52. The molecule has 0 aromatic heterocycles. The van der Waals surface area contributed by atoms with Crippen molar-refractivity contribution in [3.05, 3.63) is 29.6 Å². The molecule has 1 aromatic rings. The molecule has 0 aliphatic heterocycles. The van der Waals surface area contributed by atoms with Crippen LogP contribution in [0.1, 0.15) is 32.8 Å². The number of likely N-dealkylation sites (N-methyl/N-ethyl adjacent to an activating group) is 1. The molecule has 1 unspecified atom stereocenters. The lowest BCUT2D eigenvalue weighted by atomic mass is 10.1. The van der Waals surface area contributed by atoms with Crippen molar-refractivity contribution in [2.75, 3.05) is 18.9 Å². The van der Waals surface area contributed by atoms with E-state index in [9.17, 15) is 9.18 Å². The molecular weight excluding hydrogens is 255 g/mol. The first-order valence-corrected chi connectivity index (χ1v) is 7.08. The van der Waals surface area contributed by atoms with E-state index in [4.69, 9.17) is 0 Å². The van der Waals surface area contributed by atoms with Gasteiger partial charge in [-0.05, 0) is 57.5 Å². The minimum Gasteiger partial charge on any atom is -0.322 e. The van der Waals surface area contributed by atoms with E-state index in [0.29, 0.717) is 5.92 Å².